The highest BCUT2D eigenvalue weighted by molar-refractivity contribution is 6.17. The van der Waals surface area contributed by atoms with Crippen molar-refractivity contribution < 1.29 is 4.42 Å². The van der Waals surface area contributed by atoms with Gasteiger partial charge < -0.3 is 4.42 Å². The molecule has 0 radical (unpaired) electrons. The van der Waals surface area contributed by atoms with Gasteiger partial charge in [-0.05, 0) is 57.4 Å². The molecule has 208 valence electrons. The van der Waals surface area contributed by atoms with Crippen molar-refractivity contribution in [2.45, 2.75) is 6.92 Å². The van der Waals surface area contributed by atoms with Crippen molar-refractivity contribution in [3.05, 3.63) is 128 Å². The number of hydrogen-bond donors (Lipinski definition) is 0. The molecule has 0 bridgehead atoms. The van der Waals surface area contributed by atoms with Crippen molar-refractivity contribution in [3.63, 3.8) is 0 Å². The number of benzene rings is 6. The molecule has 44 heavy (non-hydrogen) atoms. The summed E-state index contributed by atoms with van der Waals surface area (Å²) in [5, 5.41) is 8.05. The molecule has 0 N–H and O–H groups in total. The molecule has 0 fully saturated rings. The zero-order valence-corrected chi connectivity index (χ0v) is 24.0. The van der Waals surface area contributed by atoms with Gasteiger partial charge in [0.1, 0.15) is 11.3 Å². The fourth-order valence-corrected chi connectivity index (χ4v) is 6.03. The van der Waals surface area contributed by atoms with Crippen molar-refractivity contribution in [2.24, 2.45) is 4.99 Å². The fraction of sp³-hybridized carbons (Fsp3) is 0.0256. The Morgan fingerprint density at radius 1 is 0.614 bits per heavy atom. The van der Waals surface area contributed by atoms with E-state index in [4.69, 9.17) is 19.4 Å². The highest BCUT2D eigenvalue weighted by Gasteiger charge is 2.20. The van der Waals surface area contributed by atoms with Crippen LogP contribution < -0.4 is 0 Å². The van der Waals surface area contributed by atoms with E-state index in [0.717, 1.165) is 32.8 Å². The first-order valence-corrected chi connectivity index (χ1v) is 14.5. The Balaban J connectivity index is 1.39. The first-order chi connectivity index (χ1) is 21.7. The Hall–Kier alpha value is -5.94. The number of nitrogens with zero attached hydrogens (tertiary/aromatic N) is 4. The lowest BCUT2D eigenvalue weighted by molar-refractivity contribution is 0.605. The highest BCUT2D eigenvalue weighted by atomic mass is 16.3. The van der Waals surface area contributed by atoms with Gasteiger partial charge in [0, 0.05) is 22.9 Å². The van der Waals surface area contributed by atoms with E-state index in [0.29, 0.717) is 34.5 Å². The molecule has 0 amide bonds. The van der Waals surface area contributed by atoms with Crippen LogP contribution in [0.5, 0.6) is 0 Å². The minimum absolute atomic E-state index is 0.549. The molecule has 0 aliphatic rings. The summed E-state index contributed by atoms with van der Waals surface area (Å²) in [5.41, 5.74) is 4.05. The Kier molecular flexibility index (Phi) is 6.09. The lowest BCUT2D eigenvalue weighted by Crippen LogP contribution is -2.00. The summed E-state index contributed by atoms with van der Waals surface area (Å²) >= 11 is 0. The summed E-state index contributed by atoms with van der Waals surface area (Å²) in [6.45, 7) is 5.82. The van der Waals surface area contributed by atoms with Gasteiger partial charge in [0.25, 0.3) is 0 Å². The van der Waals surface area contributed by atoms with E-state index in [9.17, 15) is 0 Å². The summed E-state index contributed by atoms with van der Waals surface area (Å²) in [5.74, 6) is 2.35. The molecule has 0 saturated carbocycles. The molecule has 2 aromatic heterocycles. The van der Waals surface area contributed by atoms with Gasteiger partial charge in [-0.2, -0.15) is 0 Å². The summed E-state index contributed by atoms with van der Waals surface area (Å²) < 4.78 is 6.11. The maximum Gasteiger partial charge on any atom is 0.164 e. The number of rotatable bonds is 5. The molecule has 2 heterocycles. The Morgan fingerprint density at radius 2 is 1.30 bits per heavy atom. The van der Waals surface area contributed by atoms with E-state index in [1.165, 1.54) is 21.5 Å². The van der Waals surface area contributed by atoms with Crippen LogP contribution in [0.25, 0.3) is 83.5 Å². The van der Waals surface area contributed by atoms with Gasteiger partial charge in [-0.3, -0.25) is 4.99 Å². The minimum atomic E-state index is 0.549. The molecule has 0 aliphatic heterocycles. The van der Waals surface area contributed by atoms with E-state index in [1.54, 1.807) is 12.3 Å². The van der Waals surface area contributed by atoms with Crippen LogP contribution in [-0.4, -0.2) is 21.2 Å². The van der Waals surface area contributed by atoms with Crippen LogP contribution in [0.3, 0.4) is 0 Å². The van der Waals surface area contributed by atoms with Gasteiger partial charge in [-0.1, -0.05) is 110 Å². The number of hydrogen-bond acceptors (Lipinski definition) is 5. The van der Waals surface area contributed by atoms with Crippen molar-refractivity contribution in [2.75, 3.05) is 0 Å². The lowest BCUT2D eigenvalue weighted by atomic mass is 9.96. The first-order valence-electron chi connectivity index (χ1n) is 14.5. The predicted octanol–water partition coefficient (Wildman–Crippen LogP) is 10.4. The van der Waals surface area contributed by atoms with Gasteiger partial charge >= 0.3 is 0 Å². The van der Waals surface area contributed by atoms with Crippen molar-refractivity contribution in [1.29, 1.82) is 0 Å². The van der Waals surface area contributed by atoms with Crippen molar-refractivity contribution in [3.8, 4) is 34.2 Å². The molecule has 8 aromatic rings. The number of fused-ring (bicyclic) bond motifs is 6. The van der Waals surface area contributed by atoms with Crippen molar-refractivity contribution >= 4 is 61.3 Å². The second-order valence-electron chi connectivity index (χ2n) is 10.6. The molecule has 0 unspecified atom stereocenters. The molecule has 6 aromatic carbocycles. The molecule has 5 heteroatoms. The van der Waals surface area contributed by atoms with Gasteiger partial charge in [0.2, 0.25) is 0 Å². The first kappa shape index (κ1) is 25.7. The predicted molar refractivity (Wildman–Crippen MR) is 182 cm³/mol. The van der Waals surface area contributed by atoms with Gasteiger partial charge in [-0.25, -0.2) is 15.0 Å². The van der Waals surface area contributed by atoms with Crippen LogP contribution in [-0.2, 0) is 0 Å². The molecule has 8 rings (SSSR count). The highest BCUT2D eigenvalue weighted by Crippen LogP contribution is 2.40. The van der Waals surface area contributed by atoms with E-state index in [1.807, 2.05) is 55.5 Å². The molecule has 0 atom stereocenters. The third-order valence-corrected chi connectivity index (χ3v) is 8.07. The molecule has 0 spiro atoms. The zero-order chi connectivity index (χ0) is 29.6. The topological polar surface area (TPSA) is 64.2 Å². The van der Waals surface area contributed by atoms with Crippen molar-refractivity contribution in [1.82, 2.24) is 15.0 Å². The number of aliphatic imine (C=N–C) groups is 1. The fourth-order valence-electron chi connectivity index (χ4n) is 6.03. The third-order valence-electron chi connectivity index (χ3n) is 8.07. The van der Waals surface area contributed by atoms with Crippen LogP contribution >= 0.6 is 0 Å². The average Bonchev–Trinajstić information content (AvgIpc) is 3.45. The third kappa shape index (κ3) is 4.17. The van der Waals surface area contributed by atoms with Gasteiger partial charge in [0.15, 0.2) is 23.2 Å². The Morgan fingerprint density at radius 3 is 2.09 bits per heavy atom. The summed E-state index contributed by atoms with van der Waals surface area (Å²) in [6.07, 6.45) is 3.44. The quantitative estimate of drug-likeness (QED) is 0.154. The lowest BCUT2D eigenvalue weighted by Gasteiger charge is -2.11. The van der Waals surface area contributed by atoms with E-state index < -0.39 is 0 Å². The normalized spacial score (nSPS) is 11.8. The Bertz CT molecular complexity index is 2420. The smallest absolute Gasteiger partial charge is 0.164 e. The van der Waals surface area contributed by atoms with Crippen LogP contribution in [0.4, 0.5) is 5.69 Å². The second-order valence-corrected chi connectivity index (χ2v) is 10.6. The average molecular weight is 567 g/mol. The van der Waals surface area contributed by atoms with E-state index in [2.05, 4.69) is 78.3 Å². The number of furan rings is 1. The monoisotopic (exact) mass is 566 g/mol. The molecule has 5 nitrogen and oxygen atoms in total. The second kappa shape index (κ2) is 10.4. The zero-order valence-electron chi connectivity index (χ0n) is 24.0. The number of aromatic nitrogens is 3. The summed E-state index contributed by atoms with van der Waals surface area (Å²) in [6, 6.07) is 39.6. The minimum Gasteiger partial charge on any atom is -0.454 e. The molecule has 0 aliphatic carbocycles. The maximum atomic E-state index is 6.11. The molecule has 0 saturated heterocycles. The SMILES string of the molecule is C=Cc1oc2cccc(-c3nc(-c4ccccc4)nc(-c4ccc5ccc6c7ccccc7ccc6c5c4)n3)c2c1/N=C\C. The standard InChI is InChI=1S/C39H26N4O/c1-3-33-36(40-4-2)35-31(15-10-16-34(35)44-33)39-42-37(26-12-6-5-7-13-26)41-38(43-39)27-18-17-25-20-21-29-28-14-9-8-11-24(28)19-22-30(29)32(25)23-27/h3-23H,1H2,2H3/b40-4-. The van der Waals surface area contributed by atoms with Crippen LogP contribution in [0, 0.1) is 0 Å². The van der Waals surface area contributed by atoms with E-state index >= 15 is 0 Å². The van der Waals surface area contributed by atoms with Crippen LogP contribution in [0.2, 0.25) is 0 Å². The summed E-state index contributed by atoms with van der Waals surface area (Å²) in [7, 11) is 0. The largest absolute Gasteiger partial charge is 0.454 e. The van der Waals surface area contributed by atoms with Crippen LogP contribution in [0.15, 0.2) is 131 Å². The van der Waals surface area contributed by atoms with E-state index in [-0.39, 0.29) is 0 Å². The Labute approximate surface area is 253 Å². The van der Waals surface area contributed by atoms with Crippen LogP contribution in [0.1, 0.15) is 12.7 Å². The molecular weight excluding hydrogens is 540 g/mol. The van der Waals surface area contributed by atoms with Gasteiger partial charge in [0.05, 0.1) is 5.39 Å². The maximum absolute atomic E-state index is 6.11. The summed E-state index contributed by atoms with van der Waals surface area (Å²) in [4.78, 5) is 19.7. The van der Waals surface area contributed by atoms with Gasteiger partial charge in [-0.15, -0.1) is 0 Å². The molecular formula is C39H26N4O.